The zero-order chi connectivity index (χ0) is 10.9. The molecule has 0 saturated heterocycles. The van der Waals surface area contributed by atoms with E-state index in [0.29, 0.717) is 6.54 Å². The van der Waals surface area contributed by atoms with Crippen molar-refractivity contribution < 1.29 is 5.11 Å². The molecule has 0 aliphatic heterocycles. The van der Waals surface area contributed by atoms with Crippen LogP contribution in [0.4, 0.5) is 0 Å². The Kier molecular flexibility index (Phi) is 8.20. The molecule has 1 unspecified atom stereocenters. The second kappa shape index (κ2) is 8.25. The quantitative estimate of drug-likeness (QED) is 0.563. The van der Waals surface area contributed by atoms with Crippen LogP contribution in [0, 0.1) is 0 Å². The third-order valence-electron chi connectivity index (χ3n) is 3.03. The van der Waals surface area contributed by atoms with Crippen LogP contribution >= 0.6 is 0 Å². The Hall–Kier alpha value is -0.0800. The summed E-state index contributed by atoms with van der Waals surface area (Å²) in [6.45, 7) is 4.63. The van der Waals surface area contributed by atoms with E-state index in [2.05, 4.69) is 6.92 Å². The number of rotatable bonds is 9. The van der Waals surface area contributed by atoms with Gasteiger partial charge in [0.25, 0.3) is 0 Å². The number of hydrogen-bond donors (Lipinski definition) is 2. The maximum atomic E-state index is 9.91. The molecule has 0 spiro atoms. The monoisotopic (exact) mass is 201 g/mol. The molecule has 0 rings (SSSR count). The predicted molar refractivity (Wildman–Crippen MR) is 62.3 cm³/mol. The summed E-state index contributed by atoms with van der Waals surface area (Å²) in [5, 5.41) is 9.91. The van der Waals surface area contributed by atoms with Crippen molar-refractivity contribution in [1.29, 1.82) is 0 Å². The van der Waals surface area contributed by atoms with Crippen molar-refractivity contribution in [3.05, 3.63) is 0 Å². The van der Waals surface area contributed by atoms with E-state index in [1.54, 1.807) is 0 Å². The lowest BCUT2D eigenvalue weighted by molar-refractivity contribution is 0.0338. The third-order valence-corrected chi connectivity index (χ3v) is 3.03. The maximum absolute atomic E-state index is 9.91. The molecule has 0 fully saturated rings. The first-order valence-electron chi connectivity index (χ1n) is 6.11. The van der Waals surface area contributed by atoms with Gasteiger partial charge in [-0.05, 0) is 12.8 Å². The van der Waals surface area contributed by atoms with Crippen molar-refractivity contribution in [3.8, 4) is 0 Å². The summed E-state index contributed by atoms with van der Waals surface area (Å²) in [5.74, 6) is 0. The minimum Gasteiger partial charge on any atom is -0.389 e. The van der Waals surface area contributed by atoms with Crippen molar-refractivity contribution in [2.75, 3.05) is 6.54 Å². The Morgan fingerprint density at radius 2 is 1.57 bits per heavy atom. The van der Waals surface area contributed by atoms with Gasteiger partial charge in [-0.1, -0.05) is 52.4 Å². The first kappa shape index (κ1) is 13.9. The van der Waals surface area contributed by atoms with Gasteiger partial charge < -0.3 is 10.8 Å². The van der Waals surface area contributed by atoms with Crippen molar-refractivity contribution in [2.24, 2.45) is 5.73 Å². The van der Waals surface area contributed by atoms with Gasteiger partial charge >= 0.3 is 0 Å². The molecule has 3 N–H and O–H groups in total. The molecular formula is C12H27NO. The molecule has 14 heavy (non-hydrogen) atoms. The zero-order valence-corrected chi connectivity index (χ0v) is 9.89. The average Bonchev–Trinajstić information content (AvgIpc) is 2.23. The standard InChI is InChI=1S/C12H27NO/c1-3-5-6-7-8-9-10-12(14,4-2)11-13/h14H,3-11,13H2,1-2H3. The van der Waals surface area contributed by atoms with Gasteiger partial charge in [0, 0.05) is 6.54 Å². The summed E-state index contributed by atoms with van der Waals surface area (Å²) < 4.78 is 0. The first-order chi connectivity index (χ1) is 6.68. The fourth-order valence-electron chi connectivity index (χ4n) is 1.66. The summed E-state index contributed by atoms with van der Waals surface area (Å²) in [5.41, 5.74) is 4.94. The minimum absolute atomic E-state index is 0.401. The van der Waals surface area contributed by atoms with Crippen LogP contribution in [0.2, 0.25) is 0 Å². The van der Waals surface area contributed by atoms with Crippen LogP contribution < -0.4 is 5.73 Å². The third kappa shape index (κ3) is 6.39. The summed E-state index contributed by atoms with van der Waals surface area (Å²) in [7, 11) is 0. The summed E-state index contributed by atoms with van der Waals surface area (Å²) in [6.07, 6.45) is 9.27. The molecular weight excluding hydrogens is 174 g/mol. The fourth-order valence-corrected chi connectivity index (χ4v) is 1.66. The Morgan fingerprint density at radius 3 is 2.07 bits per heavy atom. The summed E-state index contributed by atoms with van der Waals surface area (Å²) in [6, 6.07) is 0. The molecule has 0 aromatic heterocycles. The minimum atomic E-state index is -0.593. The number of nitrogens with two attached hydrogens (primary N) is 1. The van der Waals surface area contributed by atoms with E-state index in [9.17, 15) is 5.11 Å². The molecule has 0 aliphatic carbocycles. The molecule has 86 valence electrons. The van der Waals surface area contributed by atoms with Crippen LogP contribution in [0.15, 0.2) is 0 Å². The van der Waals surface area contributed by atoms with E-state index in [0.717, 1.165) is 19.3 Å². The van der Waals surface area contributed by atoms with Crippen molar-refractivity contribution in [1.82, 2.24) is 0 Å². The summed E-state index contributed by atoms with van der Waals surface area (Å²) >= 11 is 0. The second-order valence-electron chi connectivity index (χ2n) is 4.30. The zero-order valence-electron chi connectivity index (χ0n) is 9.89. The lowest BCUT2D eigenvalue weighted by Crippen LogP contribution is -2.36. The molecule has 0 saturated carbocycles. The van der Waals surface area contributed by atoms with Gasteiger partial charge in [-0.25, -0.2) is 0 Å². The Bertz CT molecular complexity index is 121. The van der Waals surface area contributed by atoms with Gasteiger partial charge in [0.05, 0.1) is 5.60 Å². The van der Waals surface area contributed by atoms with Gasteiger partial charge in [-0.3, -0.25) is 0 Å². The van der Waals surface area contributed by atoms with Gasteiger partial charge in [-0.15, -0.1) is 0 Å². The van der Waals surface area contributed by atoms with E-state index in [1.807, 2.05) is 6.92 Å². The van der Waals surface area contributed by atoms with Crippen LogP contribution in [0.5, 0.6) is 0 Å². The predicted octanol–water partition coefficient (Wildman–Crippen LogP) is 2.84. The normalized spacial score (nSPS) is 15.4. The molecule has 2 heteroatoms. The highest BCUT2D eigenvalue weighted by Crippen LogP contribution is 2.18. The highest BCUT2D eigenvalue weighted by Gasteiger charge is 2.21. The Labute approximate surface area is 88.9 Å². The fraction of sp³-hybridized carbons (Fsp3) is 1.00. The molecule has 0 amide bonds. The van der Waals surface area contributed by atoms with E-state index in [-0.39, 0.29) is 0 Å². The Balaban J connectivity index is 3.34. The van der Waals surface area contributed by atoms with Crippen LogP contribution in [0.1, 0.15) is 65.2 Å². The van der Waals surface area contributed by atoms with Crippen molar-refractivity contribution >= 4 is 0 Å². The number of unbranched alkanes of at least 4 members (excludes halogenated alkanes) is 5. The van der Waals surface area contributed by atoms with Crippen LogP contribution in [0.25, 0.3) is 0 Å². The lowest BCUT2D eigenvalue weighted by Gasteiger charge is -2.24. The highest BCUT2D eigenvalue weighted by atomic mass is 16.3. The molecule has 0 radical (unpaired) electrons. The molecule has 1 atom stereocenters. The van der Waals surface area contributed by atoms with Gasteiger partial charge in [0.1, 0.15) is 0 Å². The Morgan fingerprint density at radius 1 is 1.00 bits per heavy atom. The van der Waals surface area contributed by atoms with E-state index in [4.69, 9.17) is 5.73 Å². The maximum Gasteiger partial charge on any atom is 0.0766 e. The lowest BCUT2D eigenvalue weighted by atomic mass is 9.93. The first-order valence-corrected chi connectivity index (χ1v) is 6.11. The number of aliphatic hydroxyl groups is 1. The van der Waals surface area contributed by atoms with Crippen molar-refractivity contribution in [2.45, 2.75) is 70.8 Å². The smallest absolute Gasteiger partial charge is 0.0766 e. The molecule has 0 aliphatic rings. The largest absolute Gasteiger partial charge is 0.389 e. The van der Waals surface area contributed by atoms with Crippen molar-refractivity contribution in [3.63, 3.8) is 0 Å². The molecule has 0 bridgehead atoms. The van der Waals surface area contributed by atoms with E-state index < -0.39 is 5.60 Å². The molecule has 0 aromatic rings. The highest BCUT2D eigenvalue weighted by molar-refractivity contribution is 4.77. The molecule has 0 aromatic carbocycles. The van der Waals surface area contributed by atoms with Gasteiger partial charge in [0.15, 0.2) is 0 Å². The van der Waals surface area contributed by atoms with Gasteiger partial charge in [0.2, 0.25) is 0 Å². The van der Waals surface area contributed by atoms with E-state index >= 15 is 0 Å². The second-order valence-corrected chi connectivity index (χ2v) is 4.30. The topological polar surface area (TPSA) is 46.2 Å². The SMILES string of the molecule is CCCCCCCCC(O)(CC)CN. The van der Waals surface area contributed by atoms with E-state index in [1.165, 1.54) is 32.1 Å². The molecule has 0 heterocycles. The van der Waals surface area contributed by atoms with Crippen LogP contribution in [-0.4, -0.2) is 17.3 Å². The molecule has 2 nitrogen and oxygen atoms in total. The average molecular weight is 201 g/mol. The van der Waals surface area contributed by atoms with Crippen LogP contribution in [-0.2, 0) is 0 Å². The number of hydrogen-bond acceptors (Lipinski definition) is 2. The van der Waals surface area contributed by atoms with Crippen LogP contribution in [0.3, 0.4) is 0 Å². The van der Waals surface area contributed by atoms with Gasteiger partial charge in [-0.2, -0.15) is 0 Å². The summed E-state index contributed by atoms with van der Waals surface area (Å²) in [4.78, 5) is 0.